The summed E-state index contributed by atoms with van der Waals surface area (Å²) in [7, 11) is 0. The molecule has 0 heterocycles. The topological polar surface area (TPSA) is 214 Å². The van der Waals surface area contributed by atoms with Crippen molar-refractivity contribution in [3.63, 3.8) is 0 Å². The van der Waals surface area contributed by atoms with Gasteiger partial charge in [0.05, 0.1) is 25.6 Å². The summed E-state index contributed by atoms with van der Waals surface area (Å²) in [6.07, 6.45) is 0.0624. The van der Waals surface area contributed by atoms with Crippen LogP contribution < -0.4 is 27.4 Å². The number of nitrogens with one attached hydrogen (secondary N) is 3. The summed E-state index contributed by atoms with van der Waals surface area (Å²) in [5.74, 6) is -4.91. The molecule has 0 bridgehead atoms. The second-order valence-electron chi connectivity index (χ2n) is 6.00. The monoisotopic (exact) mass is 389 g/mol. The Kier molecular flexibility index (Phi) is 10.6. The molecule has 4 amide bonds. The van der Waals surface area contributed by atoms with Crippen LogP contribution in [0.3, 0.4) is 0 Å². The molecule has 0 aliphatic heterocycles. The van der Waals surface area contributed by atoms with Crippen LogP contribution in [-0.2, 0) is 24.0 Å². The molecule has 9 N–H and O–H groups in total. The highest BCUT2D eigenvalue weighted by molar-refractivity contribution is 5.94. The van der Waals surface area contributed by atoms with E-state index >= 15 is 0 Å². The first-order valence-corrected chi connectivity index (χ1v) is 8.28. The first kappa shape index (κ1) is 24.3. The molecule has 27 heavy (non-hydrogen) atoms. The fourth-order valence-electron chi connectivity index (χ4n) is 1.91. The number of amides is 4. The van der Waals surface area contributed by atoms with Gasteiger partial charge < -0.3 is 37.6 Å². The third kappa shape index (κ3) is 8.96. The van der Waals surface area contributed by atoms with Crippen molar-refractivity contribution in [2.24, 2.45) is 17.4 Å². The number of hydrogen-bond acceptors (Lipinski definition) is 7. The second kappa shape index (κ2) is 11.8. The number of primary amides is 1. The van der Waals surface area contributed by atoms with Crippen LogP contribution in [0.5, 0.6) is 0 Å². The van der Waals surface area contributed by atoms with Gasteiger partial charge in [-0.1, -0.05) is 20.3 Å². The number of hydrogen-bond donors (Lipinski definition) is 7. The molecule has 4 atom stereocenters. The highest BCUT2D eigenvalue weighted by Crippen LogP contribution is 2.04. The Morgan fingerprint density at radius 3 is 2.07 bits per heavy atom. The zero-order valence-corrected chi connectivity index (χ0v) is 15.2. The third-order valence-corrected chi connectivity index (χ3v) is 3.84. The maximum absolute atomic E-state index is 12.0. The molecule has 0 fully saturated rings. The van der Waals surface area contributed by atoms with Crippen molar-refractivity contribution in [1.29, 1.82) is 0 Å². The summed E-state index contributed by atoms with van der Waals surface area (Å²) in [4.78, 5) is 57.7. The van der Waals surface area contributed by atoms with Gasteiger partial charge in [-0.3, -0.25) is 19.2 Å². The van der Waals surface area contributed by atoms with Crippen LogP contribution in [0.1, 0.15) is 26.7 Å². The van der Waals surface area contributed by atoms with Crippen LogP contribution in [0.2, 0.25) is 0 Å². The maximum atomic E-state index is 12.0. The normalized spacial score (nSPS) is 15.0. The van der Waals surface area contributed by atoms with E-state index in [2.05, 4.69) is 10.6 Å². The molecule has 0 spiro atoms. The minimum absolute atomic E-state index is 0.104. The van der Waals surface area contributed by atoms with Crippen molar-refractivity contribution >= 4 is 29.6 Å². The molecule has 0 rings (SSSR count). The molecule has 4 unspecified atom stereocenters. The predicted molar refractivity (Wildman–Crippen MR) is 92.8 cm³/mol. The number of aliphatic carboxylic acids is 1. The van der Waals surface area contributed by atoms with Crippen LogP contribution in [0.15, 0.2) is 0 Å². The van der Waals surface area contributed by atoms with Gasteiger partial charge in [0.15, 0.2) is 0 Å². The van der Waals surface area contributed by atoms with Crippen molar-refractivity contribution in [3.05, 3.63) is 0 Å². The van der Waals surface area contributed by atoms with Gasteiger partial charge in [0, 0.05) is 0 Å². The average molecular weight is 389 g/mol. The Morgan fingerprint density at radius 1 is 1.04 bits per heavy atom. The summed E-state index contributed by atoms with van der Waals surface area (Å²) in [5.41, 5.74) is 10.7. The number of carboxylic acids is 1. The lowest BCUT2D eigenvalue weighted by atomic mass is 9.99. The SMILES string of the molecule is CCC(C)C(N)C(=O)NCC(=O)NC(CC(N)=O)C(=O)NC(CO)C(=O)O. The standard InChI is InChI=1S/C15H27N5O7/c1-3-7(2)12(17)14(25)18-5-11(23)19-8(4-10(16)22)13(24)20-9(6-21)15(26)27/h7-9,12,21H,3-6,17H2,1-2H3,(H2,16,22)(H,18,25)(H,19,23)(H,20,24)(H,26,27). The van der Waals surface area contributed by atoms with Crippen molar-refractivity contribution in [3.8, 4) is 0 Å². The Balaban J connectivity index is 4.82. The van der Waals surface area contributed by atoms with Crippen LogP contribution in [0.25, 0.3) is 0 Å². The largest absolute Gasteiger partial charge is 0.480 e. The molecule has 12 nitrogen and oxygen atoms in total. The van der Waals surface area contributed by atoms with Crippen molar-refractivity contribution in [2.45, 2.75) is 44.8 Å². The molecule has 0 aliphatic rings. The van der Waals surface area contributed by atoms with E-state index in [1.54, 1.807) is 6.92 Å². The number of rotatable bonds is 12. The van der Waals surface area contributed by atoms with Gasteiger partial charge in [-0.05, 0) is 5.92 Å². The second-order valence-corrected chi connectivity index (χ2v) is 6.00. The molecule has 0 aromatic carbocycles. The van der Waals surface area contributed by atoms with E-state index in [-0.39, 0.29) is 5.92 Å². The smallest absolute Gasteiger partial charge is 0.328 e. The average Bonchev–Trinajstić information content (AvgIpc) is 2.61. The van der Waals surface area contributed by atoms with Crippen molar-refractivity contribution in [1.82, 2.24) is 16.0 Å². The zero-order valence-electron chi connectivity index (χ0n) is 15.2. The number of nitrogens with two attached hydrogens (primary N) is 2. The van der Waals surface area contributed by atoms with Crippen molar-refractivity contribution in [2.75, 3.05) is 13.2 Å². The number of carboxylic acid groups (broad SMARTS) is 1. The van der Waals surface area contributed by atoms with E-state index in [0.717, 1.165) is 0 Å². The number of aliphatic hydroxyl groups is 1. The summed E-state index contributed by atoms with van der Waals surface area (Å²) < 4.78 is 0. The Hall–Kier alpha value is -2.73. The summed E-state index contributed by atoms with van der Waals surface area (Å²) in [5, 5.41) is 24.2. The Bertz CT molecular complexity index is 569. The molecule has 0 radical (unpaired) electrons. The molecule has 0 saturated carbocycles. The quantitative estimate of drug-likeness (QED) is 0.176. The van der Waals surface area contributed by atoms with Gasteiger partial charge in [-0.15, -0.1) is 0 Å². The lowest BCUT2D eigenvalue weighted by Crippen LogP contribution is -2.55. The van der Waals surface area contributed by atoms with E-state index in [9.17, 15) is 24.0 Å². The lowest BCUT2D eigenvalue weighted by Gasteiger charge is -2.20. The van der Waals surface area contributed by atoms with Crippen LogP contribution >= 0.6 is 0 Å². The molecule has 0 aliphatic carbocycles. The van der Waals surface area contributed by atoms with Gasteiger partial charge in [-0.2, -0.15) is 0 Å². The minimum atomic E-state index is -1.61. The number of carbonyl (C=O) groups is 5. The first-order valence-electron chi connectivity index (χ1n) is 8.28. The highest BCUT2D eigenvalue weighted by Gasteiger charge is 2.28. The first-order chi connectivity index (χ1) is 12.5. The van der Waals surface area contributed by atoms with Gasteiger partial charge >= 0.3 is 5.97 Å². The van der Waals surface area contributed by atoms with E-state index in [1.807, 2.05) is 12.2 Å². The molecule has 154 valence electrons. The predicted octanol–water partition coefficient (Wildman–Crippen LogP) is -3.60. The molecule has 0 saturated heterocycles. The fourth-order valence-corrected chi connectivity index (χ4v) is 1.91. The highest BCUT2D eigenvalue weighted by atomic mass is 16.4. The number of aliphatic hydroxyl groups excluding tert-OH is 1. The van der Waals surface area contributed by atoms with Crippen LogP contribution in [0.4, 0.5) is 0 Å². The summed E-state index contributed by atoms with van der Waals surface area (Å²) in [6, 6.07) is -3.89. The summed E-state index contributed by atoms with van der Waals surface area (Å²) >= 11 is 0. The third-order valence-electron chi connectivity index (χ3n) is 3.84. The van der Waals surface area contributed by atoms with Crippen molar-refractivity contribution < 1.29 is 34.2 Å². The molecular weight excluding hydrogens is 362 g/mol. The molecule has 0 aromatic rings. The van der Waals surface area contributed by atoms with E-state index in [0.29, 0.717) is 6.42 Å². The zero-order chi connectivity index (χ0) is 21.1. The van der Waals surface area contributed by atoms with E-state index in [4.69, 9.17) is 21.7 Å². The van der Waals surface area contributed by atoms with Crippen LogP contribution in [-0.4, -0.2) is 71.1 Å². The lowest BCUT2D eigenvalue weighted by molar-refractivity contribution is -0.143. The maximum Gasteiger partial charge on any atom is 0.328 e. The molecular formula is C15H27N5O7. The van der Waals surface area contributed by atoms with E-state index < -0.39 is 67.3 Å². The van der Waals surface area contributed by atoms with Gasteiger partial charge in [-0.25, -0.2) is 4.79 Å². The Morgan fingerprint density at radius 2 is 1.63 bits per heavy atom. The fraction of sp³-hybridized carbons (Fsp3) is 0.667. The molecule has 0 aromatic heterocycles. The molecule has 12 heteroatoms. The number of carbonyl (C=O) groups excluding carboxylic acids is 4. The van der Waals surface area contributed by atoms with E-state index in [1.165, 1.54) is 0 Å². The van der Waals surface area contributed by atoms with Gasteiger partial charge in [0.2, 0.25) is 23.6 Å². The Labute approximate surface area is 156 Å². The van der Waals surface area contributed by atoms with Crippen LogP contribution in [0, 0.1) is 5.92 Å². The minimum Gasteiger partial charge on any atom is -0.480 e. The summed E-state index contributed by atoms with van der Waals surface area (Å²) in [6.45, 7) is 2.24. The van der Waals surface area contributed by atoms with Gasteiger partial charge in [0.1, 0.15) is 12.1 Å². The van der Waals surface area contributed by atoms with Gasteiger partial charge in [0.25, 0.3) is 0 Å².